The summed E-state index contributed by atoms with van der Waals surface area (Å²) in [5, 5.41) is 5.95. The molecule has 2 aromatic carbocycles. The second-order valence-electron chi connectivity index (χ2n) is 5.32. The highest BCUT2D eigenvalue weighted by atomic mass is 32.2. The molecule has 0 aliphatic rings. The van der Waals surface area contributed by atoms with Gasteiger partial charge in [-0.15, -0.1) is 16.4 Å². The van der Waals surface area contributed by atoms with E-state index in [4.69, 9.17) is 0 Å². The predicted octanol–water partition coefficient (Wildman–Crippen LogP) is 3.54. The molecule has 4 aromatic rings. The Morgan fingerprint density at radius 3 is 2.23 bits per heavy atom. The highest BCUT2D eigenvalue weighted by molar-refractivity contribution is 7.92. The van der Waals surface area contributed by atoms with E-state index < -0.39 is 15.8 Å². The average Bonchev–Trinajstić information content (AvgIpc) is 3.15. The molecular formula is C16H10F2N4O2S2. The number of hydrogen-bond acceptors (Lipinski definition) is 5. The molecule has 4 rings (SSSR count). The van der Waals surface area contributed by atoms with Crippen LogP contribution >= 0.6 is 11.3 Å². The summed E-state index contributed by atoms with van der Waals surface area (Å²) in [5.74, 6) is -0.996. The summed E-state index contributed by atoms with van der Waals surface area (Å²) in [6.07, 6.45) is 0. The van der Waals surface area contributed by atoms with Crippen molar-refractivity contribution in [3.8, 4) is 11.3 Å². The molecule has 0 aliphatic heterocycles. The lowest BCUT2D eigenvalue weighted by Gasteiger charge is -2.04. The monoisotopic (exact) mass is 392 g/mol. The molecule has 6 nitrogen and oxygen atoms in total. The second-order valence-corrected chi connectivity index (χ2v) is 7.84. The summed E-state index contributed by atoms with van der Waals surface area (Å²) >= 11 is 1.27. The van der Waals surface area contributed by atoms with E-state index in [1.54, 1.807) is 17.5 Å². The zero-order chi connectivity index (χ0) is 18.3. The van der Waals surface area contributed by atoms with E-state index in [0.717, 1.165) is 29.8 Å². The number of benzene rings is 2. The first-order chi connectivity index (χ1) is 12.4. The zero-order valence-electron chi connectivity index (χ0n) is 12.9. The number of anilines is 1. The predicted molar refractivity (Wildman–Crippen MR) is 93.5 cm³/mol. The van der Waals surface area contributed by atoms with Crippen LogP contribution in [0.5, 0.6) is 0 Å². The average molecular weight is 392 g/mol. The molecule has 0 saturated carbocycles. The van der Waals surface area contributed by atoms with Gasteiger partial charge in [0.15, 0.2) is 0 Å². The molecule has 0 bridgehead atoms. The van der Waals surface area contributed by atoms with Gasteiger partial charge in [-0.3, -0.25) is 0 Å². The quantitative estimate of drug-likeness (QED) is 0.576. The number of fused-ring (bicyclic) bond motifs is 1. The van der Waals surface area contributed by atoms with Gasteiger partial charge in [0.1, 0.15) is 11.6 Å². The van der Waals surface area contributed by atoms with Crippen LogP contribution in [0.2, 0.25) is 0 Å². The first-order valence-corrected chi connectivity index (χ1v) is 9.67. The van der Waals surface area contributed by atoms with E-state index in [9.17, 15) is 17.2 Å². The Bertz CT molecular complexity index is 1180. The van der Waals surface area contributed by atoms with Gasteiger partial charge in [-0.1, -0.05) is 0 Å². The molecule has 0 spiro atoms. The van der Waals surface area contributed by atoms with Crippen LogP contribution in [0.15, 0.2) is 58.8 Å². The van der Waals surface area contributed by atoms with Gasteiger partial charge in [0, 0.05) is 10.9 Å². The molecule has 0 radical (unpaired) electrons. The molecule has 0 aliphatic carbocycles. The molecular weight excluding hydrogens is 382 g/mol. The number of sulfonamides is 1. The summed E-state index contributed by atoms with van der Waals surface area (Å²) in [6, 6.07) is 10.3. The van der Waals surface area contributed by atoms with Crippen LogP contribution in [-0.4, -0.2) is 23.0 Å². The molecule has 132 valence electrons. The SMILES string of the molecule is O=S(=O)(Nc1nc2scc(-c3ccc(F)cc3)n2n1)c1ccc(F)cc1. The minimum Gasteiger partial charge on any atom is -0.246 e. The molecule has 2 aromatic heterocycles. The highest BCUT2D eigenvalue weighted by Gasteiger charge is 2.18. The molecule has 0 fully saturated rings. The number of halogens is 2. The van der Waals surface area contributed by atoms with Crippen molar-refractivity contribution in [1.29, 1.82) is 0 Å². The highest BCUT2D eigenvalue weighted by Crippen LogP contribution is 2.26. The van der Waals surface area contributed by atoms with Gasteiger partial charge >= 0.3 is 0 Å². The van der Waals surface area contributed by atoms with E-state index in [-0.39, 0.29) is 16.7 Å². The summed E-state index contributed by atoms with van der Waals surface area (Å²) in [7, 11) is -3.94. The largest absolute Gasteiger partial charge is 0.264 e. The maximum absolute atomic E-state index is 13.1. The van der Waals surface area contributed by atoms with Gasteiger partial charge in [-0.05, 0) is 48.5 Å². The van der Waals surface area contributed by atoms with Crippen LogP contribution in [0.4, 0.5) is 14.7 Å². The van der Waals surface area contributed by atoms with Crippen LogP contribution < -0.4 is 4.72 Å². The van der Waals surface area contributed by atoms with Gasteiger partial charge in [-0.25, -0.2) is 26.4 Å². The molecule has 26 heavy (non-hydrogen) atoms. The van der Waals surface area contributed by atoms with Crippen molar-refractivity contribution in [1.82, 2.24) is 14.6 Å². The van der Waals surface area contributed by atoms with E-state index in [1.807, 2.05) is 0 Å². The van der Waals surface area contributed by atoms with Crippen molar-refractivity contribution < 1.29 is 17.2 Å². The molecule has 2 heterocycles. The van der Waals surface area contributed by atoms with Crippen LogP contribution in [0.1, 0.15) is 0 Å². The molecule has 0 saturated heterocycles. The Kier molecular flexibility index (Phi) is 3.93. The lowest BCUT2D eigenvalue weighted by molar-refractivity contribution is 0.599. The second kappa shape index (κ2) is 6.15. The lowest BCUT2D eigenvalue weighted by Crippen LogP contribution is -2.14. The minimum atomic E-state index is -3.94. The van der Waals surface area contributed by atoms with Gasteiger partial charge in [0.2, 0.25) is 4.96 Å². The first kappa shape index (κ1) is 16.6. The maximum Gasteiger partial charge on any atom is 0.264 e. The van der Waals surface area contributed by atoms with Gasteiger partial charge < -0.3 is 0 Å². The van der Waals surface area contributed by atoms with E-state index >= 15 is 0 Å². The Labute approximate surface area is 150 Å². The van der Waals surface area contributed by atoms with Gasteiger partial charge in [0.05, 0.1) is 10.6 Å². The van der Waals surface area contributed by atoms with Crippen LogP contribution in [0.3, 0.4) is 0 Å². The number of nitrogens with one attached hydrogen (secondary N) is 1. The number of hydrogen-bond donors (Lipinski definition) is 1. The number of aromatic nitrogens is 3. The topological polar surface area (TPSA) is 76.4 Å². The fourth-order valence-electron chi connectivity index (χ4n) is 2.34. The van der Waals surface area contributed by atoms with Crippen molar-refractivity contribution in [2.75, 3.05) is 4.72 Å². The molecule has 0 atom stereocenters. The third-order valence-electron chi connectivity index (χ3n) is 3.57. The third-order valence-corrected chi connectivity index (χ3v) is 5.73. The zero-order valence-corrected chi connectivity index (χ0v) is 14.6. The Hall–Kier alpha value is -2.85. The van der Waals surface area contributed by atoms with Gasteiger partial charge in [-0.2, -0.15) is 4.98 Å². The number of nitrogens with zero attached hydrogens (tertiary/aromatic N) is 3. The normalized spacial score (nSPS) is 11.8. The van der Waals surface area contributed by atoms with Crippen molar-refractivity contribution in [3.63, 3.8) is 0 Å². The minimum absolute atomic E-state index is 0.101. The molecule has 10 heteroatoms. The Morgan fingerprint density at radius 2 is 1.58 bits per heavy atom. The Balaban J connectivity index is 1.68. The summed E-state index contributed by atoms with van der Waals surface area (Å²) in [5.41, 5.74) is 1.38. The maximum atomic E-state index is 13.1. The first-order valence-electron chi connectivity index (χ1n) is 7.31. The van der Waals surface area contributed by atoms with Crippen LogP contribution in [0, 0.1) is 11.6 Å². The molecule has 0 amide bonds. The van der Waals surface area contributed by atoms with Crippen molar-refractivity contribution in [3.05, 3.63) is 65.5 Å². The number of rotatable bonds is 4. The van der Waals surface area contributed by atoms with Gasteiger partial charge in [0.25, 0.3) is 16.0 Å². The lowest BCUT2D eigenvalue weighted by atomic mass is 10.2. The third kappa shape index (κ3) is 3.04. The summed E-state index contributed by atoms with van der Waals surface area (Å²) < 4.78 is 54.5. The molecule has 0 unspecified atom stereocenters. The fourth-order valence-corrected chi connectivity index (χ4v) is 4.11. The summed E-state index contributed by atoms with van der Waals surface area (Å²) in [4.78, 5) is 4.51. The summed E-state index contributed by atoms with van der Waals surface area (Å²) in [6.45, 7) is 0. The van der Waals surface area contributed by atoms with E-state index in [2.05, 4.69) is 14.8 Å². The van der Waals surface area contributed by atoms with E-state index in [1.165, 1.54) is 28.0 Å². The Morgan fingerprint density at radius 1 is 0.962 bits per heavy atom. The number of thiazole rings is 1. The van der Waals surface area contributed by atoms with Crippen molar-refractivity contribution in [2.45, 2.75) is 4.90 Å². The van der Waals surface area contributed by atoms with E-state index in [0.29, 0.717) is 10.7 Å². The van der Waals surface area contributed by atoms with Crippen LogP contribution in [0.25, 0.3) is 16.2 Å². The smallest absolute Gasteiger partial charge is 0.246 e. The van der Waals surface area contributed by atoms with Crippen molar-refractivity contribution in [2.24, 2.45) is 0 Å². The van der Waals surface area contributed by atoms with Crippen LogP contribution in [-0.2, 0) is 10.0 Å². The fraction of sp³-hybridized carbons (Fsp3) is 0. The molecule has 1 N–H and O–H groups in total. The standard InChI is InChI=1S/C16H10F2N4O2S2/c17-11-3-1-10(2-4-11)14-9-25-16-19-15(20-22(14)16)21-26(23,24)13-7-5-12(18)6-8-13/h1-9H,(H,20,21). The van der Waals surface area contributed by atoms with Crippen molar-refractivity contribution >= 4 is 32.3 Å².